The quantitative estimate of drug-likeness (QED) is 0.411. The Morgan fingerprint density at radius 1 is 0.842 bits per heavy atom. The zero-order chi connectivity index (χ0) is 14.3. The molecular formula is C12H24O7. The lowest BCUT2D eigenvalue weighted by Crippen LogP contribution is -2.37. The Hall–Kier alpha value is -0.280. The second-order valence-corrected chi connectivity index (χ2v) is 4.87. The van der Waals surface area contributed by atoms with Crippen molar-refractivity contribution in [3.63, 3.8) is 0 Å². The highest BCUT2D eigenvalue weighted by Crippen LogP contribution is 2.17. The fourth-order valence-electron chi connectivity index (χ4n) is 2.07. The molecule has 5 atom stereocenters. The van der Waals surface area contributed by atoms with E-state index in [0.29, 0.717) is 25.9 Å². The van der Waals surface area contributed by atoms with E-state index < -0.39 is 18.5 Å². The van der Waals surface area contributed by atoms with Crippen molar-refractivity contribution in [2.75, 3.05) is 19.8 Å². The number of rotatable bonds is 2. The van der Waals surface area contributed by atoms with Gasteiger partial charge < -0.3 is 35.0 Å². The highest BCUT2D eigenvalue weighted by Gasteiger charge is 2.25. The van der Waals surface area contributed by atoms with Gasteiger partial charge in [-0.2, -0.15) is 0 Å². The first-order valence-corrected chi connectivity index (χ1v) is 6.58. The molecule has 19 heavy (non-hydrogen) atoms. The van der Waals surface area contributed by atoms with Crippen LogP contribution in [0.2, 0.25) is 0 Å². The summed E-state index contributed by atoms with van der Waals surface area (Å²) in [5.41, 5.74) is 0. The molecule has 0 amide bonds. The van der Waals surface area contributed by atoms with Gasteiger partial charge in [0, 0.05) is 25.9 Å². The van der Waals surface area contributed by atoms with Crippen LogP contribution >= 0.6 is 0 Å². The standard InChI is InChI=1S/C6H12O4.C6H12O3/c7-3-5-1-4(8)2-6(9)10-5;7-4-6-3-5(8)1-2-9-6/h4-9H,1-3H2;5-8H,1-4H2. The molecule has 114 valence electrons. The van der Waals surface area contributed by atoms with Crippen LogP contribution < -0.4 is 0 Å². The molecule has 0 aromatic carbocycles. The Bertz CT molecular complexity index is 228. The lowest BCUT2D eigenvalue weighted by Gasteiger charge is -2.28. The van der Waals surface area contributed by atoms with Gasteiger partial charge in [-0.1, -0.05) is 0 Å². The predicted molar refractivity (Wildman–Crippen MR) is 65.3 cm³/mol. The van der Waals surface area contributed by atoms with Gasteiger partial charge in [0.25, 0.3) is 0 Å². The van der Waals surface area contributed by atoms with E-state index in [9.17, 15) is 0 Å². The third kappa shape index (κ3) is 6.62. The molecule has 7 nitrogen and oxygen atoms in total. The third-order valence-corrected chi connectivity index (χ3v) is 3.11. The molecule has 2 aliphatic rings. The van der Waals surface area contributed by atoms with Crippen molar-refractivity contribution >= 4 is 0 Å². The monoisotopic (exact) mass is 280 g/mol. The van der Waals surface area contributed by atoms with Gasteiger partial charge in [0.05, 0.1) is 37.6 Å². The Labute approximate surface area is 112 Å². The second kappa shape index (κ2) is 8.80. The van der Waals surface area contributed by atoms with E-state index in [-0.39, 0.29) is 31.8 Å². The molecule has 2 aliphatic heterocycles. The summed E-state index contributed by atoms with van der Waals surface area (Å²) in [6, 6.07) is 0. The number of ether oxygens (including phenoxy) is 2. The van der Waals surface area contributed by atoms with E-state index >= 15 is 0 Å². The topological polar surface area (TPSA) is 120 Å². The normalized spacial score (nSPS) is 39.3. The van der Waals surface area contributed by atoms with Crippen LogP contribution in [0.4, 0.5) is 0 Å². The first-order valence-electron chi connectivity index (χ1n) is 6.58. The Kier molecular flexibility index (Phi) is 7.77. The highest BCUT2D eigenvalue weighted by molar-refractivity contribution is 4.71. The molecular weight excluding hydrogens is 256 g/mol. The summed E-state index contributed by atoms with van der Waals surface area (Å²) in [7, 11) is 0. The maximum Gasteiger partial charge on any atom is 0.157 e. The molecule has 7 heteroatoms. The van der Waals surface area contributed by atoms with Gasteiger partial charge in [0.15, 0.2) is 6.29 Å². The number of aliphatic hydroxyl groups is 5. The van der Waals surface area contributed by atoms with Crippen molar-refractivity contribution in [3.8, 4) is 0 Å². The summed E-state index contributed by atoms with van der Waals surface area (Å²) < 4.78 is 9.94. The lowest BCUT2D eigenvalue weighted by molar-refractivity contribution is -0.197. The minimum absolute atomic E-state index is 0.0249. The molecule has 2 heterocycles. The molecule has 2 fully saturated rings. The van der Waals surface area contributed by atoms with E-state index in [1.165, 1.54) is 0 Å². The Morgan fingerprint density at radius 2 is 1.47 bits per heavy atom. The van der Waals surface area contributed by atoms with Gasteiger partial charge in [-0.25, -0.2) is 0 Å². The molecule has 0 bridgehead atoms. The molecule has 5 unspecified atom stereocenters. The molecule has 0 radical (unpaired) electrons. The van der Waals surface area contributed by atoms with E-state index in [0.717, 1.165) is 0 Å². The van der Waals surface area contributed by atoms with Crippen LogP contribution in [0.5, 0.6) is 0 Å². The molecule has 2 saturated heterocycles. The molecule has 5 N–H and O–H groups in total. The summed E-state index contributed by atoms with van der Waals surface area (Å²) in [6.45, 7) is 0.456. The maximum atomic E-state index is 9.03. The van der Waals surface area contributed by atoms with Gasteiger partial charge in [-0.05, 0) is 6.42 Å². The molecule has 0 spiro atoms. The van der Waals surface area contributed by atoms with Crippen LogP contribution in [0.1, 0.15) is 25.7 Å². The van der Waals surface area contributed by atoms with Crippen molar-refractivity contribution in [2.45, 2.75) is 56.4 Å². The number of hydrogen-bond acceptors (Lipinski definition) is 7. The highest BCUT2D eigenvalue weighted by atomic mass is 16.6. The van der Waals surface area contributed by atoms with Crippen LogP contribution in [-0.2, 0) is 9.47 Å². The van der Waals surface area contributed by atoms with Crippen LogP contribution in [0.15, 0.2) is 0 Å². The minimum atomic E-state index is -0.916. The lowest BCUT2D eigenvalue weighted by atomic mass is 10.1. The maximum absolute atomic E-state index is 9.03. The zero-order valence-electron chi connectivity index (χ0n) is 10.9. The first kappa shape index (κ1) is 16.8. The van der Waals surface area contributed by atoms with Crippen molar-refractivity contribution in [3.05, 3.63) is 0 Å². The molecule has 2 rings (SSSR count). The second-order valence-electron chi connectivity index (χ2n) is 4.87. The Balaban J connectivity index is 0.000000191. The van der Waals surface area contributed by atoms with Gasteiger partial charge in [-0.3, -0.25) is 0 Å². The van der Waals surface area contributed by atoms with E-state index in [4.69, 9.17) is 35.0 Å². The molecule has 0 aliphatic carbocycles. The number of aliphatic hydroxyl groups excluding tert-OH is 5. The SMILES string of the molecule is OCC1CC(O)CC(O)O1.OCC1CC(O)CCO1. The largest absolute Gasteiger partial charge is 0.394 e. The van der Waals surface area contributed by atoms with Crippen molar-refractivity contribution in [1.29, 1.82) is 0 Å². The summed E-state index contributed by atoms with van der Waals surface area (Å²) in [6.07, 6.45) is -0.318. The summed E-state index contributed by atoms with van der Waals surface area (Å²) >= 11 is 0. The number of hydrogen-bond donors (Lipinski definition) is 5. The van der Waals surface area contributed by atoms with E-state index in [1.807, 2.05) is 0 Å². The van der Waals surface area contributed by atoms with Crippen molar-refractivity contribution in [2.24, 2.45) is 0 Å². The molecule has 0 aromatic rings. The predicted octanol–water partition coefficient (Wildman–Crippen LogP) is -1.64. The van der Waals surface area contributed by atoms with Crippen molar-refractivity contribution < 1.29 is 35.0 Å². The first-order chi connectivity index (χ1) is 9.05. The smallest absolute Gasteiger partial charge is 0.157 e. The van der Waals surface area contributed by atoms with Gasteiger partial charge >= 0.3 is 0 Å². The zero-order valence-corrected chi connectivity index (χ0v) is 10.9. The average molecular weight is 280 g/mol. The van der Waals surface area contributed by atoms with Crippen LogP contribution in [-0.4, -0.2) is 76.1 Å². The average Bonchev–Trinajstić information content (AvgIpc) is 2.38. The summed E-state index contributed by atoms with van der Waals surface area (Å²) in [4.78, 5) is 0. The van der Waals surface area contributed by atoms with Crippen LogP contribution in [0.25, 0.3) is 0 Å². The fraction of sp³-hybridized carbons (Fsp3) is 1.00. The summed E-state index contributed by atoms with van der Waals surface area (Å²) in [5, 5.41) is 44.1. The van der Waals surface area contributed by atoms with Gasteiger partial charge in [-0.15, -0.1) is 0 Å². The van der Waals surface area contributed by atoms with Crippen LogP contribution in [0.3, 0.4) is 0 Å². The molecule has 0 aromatic heterocycles. The minimum Gasteiger partial charge on any atom is -0.394 e. The van der Waals surface area contributed by atoms with Crippen molar-refractivity contribution in [1.82, 2.24) is 0 Å². The fourth-order valence-corrected chi connectivity index (χ4v) is 2.07. The summed E-state index contributed by atoms with van der Waals surface area (Å²) in [5.74, 6) is 0. The van der Waals surface area contributed by atoms with Gasteiger partial charge in [0.2, 0.25) is 0 Å². The third-order valence-electron chi connectivity index (χ3n) is 3.11. The van der Waals surface area contributed by atoms with Crippen LogP contribution in [0, 0.1) is 0 Å². The van der Waals surface area contributed by atoms with E-state index in [1.54, 1.807) is 0 Å². The van der Waals surface area contributed by atoms with Gasteiger partial charge in [0.1, 0.15) is 0 Å². The Morgan fingerprint density at radius 3 is 1.95 bits per heavy atom. The van der Waals surface area contributed by atoms with E-state index in [2.05, 4.69) is 0 Å². The molecule has 0 saturated carbocycles.